The Morgan fingerprint density at radius 1 is 0.321 bits per heavy atom. The Morgan fingerprint density at radius 2 is 0.643 bits per heavy atom. The number of carbonyl (C=O) groups is 3. The van der Waals surface area contributed by atoms with Crippen molar-refractivity contribution in [2.45, 2.75) is 253 Å². The monoisotopic (exact) mass is 790 g/mol. The summed E-state index contributed by atoms with van der Waals surface area (Å²) in [4.78, 5) is 44.5. The predicted octanol–water partition coefficient (Wildman–Crippen LogP) is 14.3. The smallest absolute Gasteiger partial charge is 0.222 e. The SMILES string of the molecule is CCCCCC(CCCCC)CCCN(C)C(=O)CCCCCCCN(CCCCCCCC(=O)N(C)CCCC(CCCCC)CCCCC)C(=O)CCC. The quantitative estimate of drug-likeness (QED) is 0.0579. The number of unbranched alkanes of at least 4 members (excludes halogenated alkanes) is 16. The third kappa shape index (κ3) is 32.4. The van der Waals surface area contributed by atoms with Crippen molar-refractivity contribution < 1.29 is 14.4 Å². The minimum atomic E-state index is 0.302. The largest absolute Gasteiger partial charge is 0.346 e. The van der Waals surface area contributed by atoms with E-state index in [1.165, 1.54) is 116 Å². The van der Waals surface area contributed by atoms with Crippen molar-refractivity contribution >= 4 is 17.7 Å². The molecule has 332 valence electrons. The maximum absolute atomic E-state index is 12.9. The Labute approximate surface area is 350 Å². The molecule has 0 aliphatic rings. The molecule has 0 aliphatic heterocycles. The van der Waals surface area contributed by atoms with E-state index < -0.39 is 0 Å². The van der Waals surface area contributed by atoms with Crippen molar-refractivity contribution in [3.05, 3.63) is 0 Å². The summed E-state index contributed by atoms with van der Waals surface area (Å²) in [6.07, 6.45) is 39.9. The molecule has 3 amide bonds. The lowest BCUT2D eigenvalue weighted by Crippen LogP contribution is -2.32. The molecule has 0 saturated carbocycles. The summed E-state index contributed by atoms with van der Waals surface area (Å²) in [5.74, 6) is 2.58. The highest BCUT2D eigenvalue weighted by Gasteiger charge is 2.15. The number of hydrogen-bond acceptors (Lipinski definition) is 3. The molecule has 0 unspecified atom stereocenters. The third-order valence-electron chi connectivity index (χ3n) is 12.4. The third-order valence-corrected chi connectivity index (χ3v) is 12.4. The van der Waals surface area contributed by atoms with E-state index in [-0.39, 0.29) is 0 Å². The topological polar surface area (TPSA) is 60.9 Å². The summed E-state index contributed by atoms with van der Waals surface area (Å²) >= 11 is 0. The minimum Gasteiger partial charge on any atom is -0.346 e. The van der Waals surface area contributed by atoms with Crippen molar-refractivity contribution in [2.75, 3.05) is 40.3 Å². The van der Waals surface area contributed by atoms with Crippen LogP contribution >= 0.6 is 0 Å². The molecule has 0 rings (SSSR count). The fourth-order valence-corrected chi connectivity index (χ4v) is 8.42. The van der Waals surface area contributed by atoms with Gasteiger partial charge in [0.15, 0.2) is 0 Å². The van der Waals surface area contributed by atoms with Gasteiger partial charge in [0.25, 0.3) is 0 Å². The highest BCUT2D eigenvalue weighted by Crippen LogP contribution is 2.24. The number of hydrogen-bond donors (Lipinski definition) is 0. The van der Waals surface area contributed by atoms with Crippen LogP contribution in [0.25, 0.3) is 0 Å². The second kappa shape index (κ2) is 40.2. The molecule has 0 aromatic heterocycles. The van der Waals surface area contributed by atoms with Gasteiger partial charge in [0, 0.05) is 59.5 Å². The van der Waals surface area contributed by atoms with Gasteiger partial charge in [-0.1, -0.05) is 176 Å². The molecule has 0 heterocycles. The summed E-state index contributed by atoms with van der Waals surface area (Å²) in [6.45, 7) is 14.7. The Bertz CT molecular complexity index is 813. The van der Waals surface area contributed by atoms with Gasteiger partial charge >= 0.3 is 0 Å². The second-order valence-electron chi connectivity index (χ2n) is 17.8. The summed E-state index contributed by atoms with van der Waals surface area (Å²) in [6, 6.07) is 0. The van der Waals surface area contributed by atoms with Crippen LogP contribution in [0.2, 0.25) is 0 Å². The van der Waals surface area contributed by atoms with Gasteiger partial charge in [0.05, 0.1) is 0 Å². The van der Waals surface area contributed by atoms with Gasteiger partial charge in [-0.2, -0.15) is 0 Å². The minimum absolute atomic E-state index is 0.302. The normalized spacial score (nSPS) is 11.5. The van der Waals surface area contributed by atoms with Crippen LogP contribution in [0.3, 0.4) is 0 Å². The van der Waals surface area contributed by atoms with Gasteiger partial charge in [-0.15, -0.1) is 0 Å². The van der Waals surface area contributed by atoms with Crippen LogP contribution in [0.4, 0.5) is 0 Å². The molecule has 0 N–H and O–H groups in total. The molecule has 56 heavy (non-hydrogen) atoms. The zero-order chi connectivity index (χ0) is 41.5. The molecule has 6 nitrogen and oxygen atoms in total. The fourth-order valence-electron chi connectivity index (χ4n) is 8.42. The van der Waals surface area contributed by atoms with E-state index in [0.29, 0.717) is 37.0 Å². The van der Waals surface area contributed by atoms with Crippen molar-refractivity contribution in [3.63, 3.8) is 0 Å². The van der Waals surface area contributed by atoms with E-state index in [9.17, 15) is 14.4 Å². The first kappa shape index (κ1) is 54.4. The highest BCUT2D eigenvalue weighted by molar-refractivity contribution is 5.76. The number of amides is 3. The molecular weight excluding hydrogens is 691 g/mol. The van der Waals surface area contributed by atoms with Crippen molar-refractivity contribution in [2.24, 2.45) is 11.8 Å². The Morgan fingerprint density at radius 3 is 0.982 bits per heavy atom. The van der Waals surface area contributed by atoms with Crippen molar-refractivity contribution in [3.8, 4) is 0 Å². The summed E-state index contributed by atoms with van der Waals surface area (Å²) in [5, 5.41) is 0. The average molecular weight is 790 g/mol. The van der Waals surface area contributed by atoms with Crippen LogP contribution in [-0.4, -0.2) is 72.7 Å². The van der Waals surface area contributed by atoms with Crippen LogP contribution < -0.4 is 0 Å². The maximum atomic E-state index is 12.9. The molecule has 0 atom stereocenters. The van der Waals surface area contributed by atoms with Gasteiger partial charge in [0.2, 0.25) is 17.7 Å². The second-order valence-corrected chi connectivity index (χ2v) is 17.8. The average Bonchev–Trinajstić information content (AvgIpc) is 3.18. The van der Waals surface area contributed by atoms with E-state index in [4.69, 9.17) is 0 Å². The maximum Gasteiger partial charge on any atom is 0.222 e. The fraction of sp³-hybridized carbons (Fsp3) is 0.940. The summed E-state index contributed by atoms with van der Waals surface area (Å²) in [5.41, 5.74) is 0. The Hall–Kier alpha value is -1.59. The van der Waals surface area contributed by atoms with E-state index >= 15 is 0 Å². The highest BCUT2D eigenvalue weighted by atomic mass is 16.2. The zero-order valence-electron chi connectivity index (χ0n) is 39.1. The molecule has 0 spiro atoms. The van der Waals surface area contributed by atoms with Crippen molar-refractivity contribution in [1.82, 2.24) is 14.7 Å². The molecule has 0 radical (unpaired) electrons. The lowest BCUT2D eigenvalue weighted by Gasteiger charge is -2.23. The van der Waals surface area contributed by atoms with Gasteiger partial charge in [-0.3, -0.25) is 14.4 Å². The van der Waals surface area contributed by atoms with Crippen LogP contribution in [-0.2, 0) is 14.4 Å². The molecular formula is C50H99N3O3. The standard InChI is InChI=1S/C50H99N3O3/c1-8-13-23-34-46(35-24-14-9-2)38-31-42-51(6)48(54)40-27-19-17-21-29-44-53(50(56)33-12-5)45-30-22-18-20-28-41-49(55)52(7)43-32-39-47(36-25-15-10-3)37-26-16-11-4/h46-47H,8-45H2,1-7H3. The molecule has 6 heteroatoms. The Balaban J connectivity index is 4.20. The number of carbonyl (C=O) groups excluding carboxylic acids is 3. The lowest BCUT2D eigenvalue weighted by molar-refractivity contribution is -0.132. The predicted molar refractivity (Wildman–Crippen MR) is 244 cm³/mol. The van der Waals surface area contributed by atoms with E-state index in [1.54, 1.807) is 0 Å². The van der Waals surface area contributed by atoms with Crippen molar-refractivity contribution in [1.29, 1.82) is 0 Å². The van der Waals surface area contributed by atoms with Gasteiger partial charge in [-0.05, 0) is 69.6 Å². The molecule has 0 aromatic rings. The molecule has 0 saturated heterocycles. The number of rotatable bonds is 42. The van der Waals surface area contributed by atoms with Crippen LogP contribution in [0.1, 0.15) is 253 Å². The first-order valence-corrected chi connectivity index (χ1v) is 25.0. The first-order chi connectivity index (χ1) is 27.2. The van der Waals surface area contributed by atoms with Crippen LogP contribution in [0, 0.1) is 11.8 Å². The Kier molecular flexibility index (Phi) is 39.1. The molecule has 0 bridgehead atoms. The summed E-state index contributed by atoms with van der Waals surface area (Å²) in [7, 11) is 3.99. The van der Waals surface area contributed by atoms with Gasteiger partial charge < -0.3 is 14.7 Å². The number of nitrogens with zero attached hydrogens (tertiary/aromatic N) is 3. The van der Waals surface area contributed by atoms with E-state index in [0.717, 1.165) is 121 Å². The molecule has 0 fully saturated rings. The van der Waals surface area contributed by atoms with Gasteiger partial charge in [-0.25, -0.2) is 0 Å². The van der Waals surface area contributed by atoms with E-state index in [1.807, 2.05) is 23.9 Å². The first-order valence-electron chi connectivity index (χ1n) is 25.0. The van der Waals surface area contributed by atoms with Crippen LogP contribution in [0.15, 0.2) is 0 Å². The lowest BCUT2D eigenvalue weighted by atomic mass is 9.91. The zero-order valence-corrected chi connectivity index (χ0v) is 39.1. The summed E-state index contributed by atoms with van der Waals surface area (Å²) < 4.78 is 0. The van der Waals surface area contributed by atoms with Crippen LogP contribution in [0.5, 0.6) is 0 Å². The molecule has 0 aromatic carbocycles. The molecule has 0 aliphatic carbocycles. The van der Waals surface area contributed by atoms with Gasteiger partial charge in [0.1, 0.15) is 0 Å². The van der Waals surface area contributed by atoms with E-state index in [2.05, 4.69) is 39.5 Å².